The lowest BCUT2D eigenvalue weighted by Crippen LogP contribution is -2.36. The van der Waals surface area contributed by atoms with Crippen molar-refractivity contribution in [2.45, 2.75) is 26.9 Å². The van der Waals surface area contributed by atoms with Gasteiger partial charge in [-0.1, -0.05) is 6.07 Å². The lowest BCUT2D eigenvalue weighted by molar-refractivity contribution is -0.127. The highest BCUT2D eigenvalue weighted by Gasteiger charge is 2.14. The SMILES string of the molecule is CCNC(=O)[C@H](C)Oc1cccc(C(=O)OCC)c1. The van der Waals surface area contributed by atoms with E-state index < -0.39 is 12.1 Å². The van der Waals surface area contributed by atoms with E-state index in [0.29, 0.717) is 24.5 Å². The van der Waals surface area contributed by atoms with Gasteiger partial charge in [-0.2, -0.15) is 0 Å². The largest absolute Gasteiger partial charge is 0.481 e. The Hall–Kier alpha value is -2.04. The minimum Gasteiger partial charge on any atom is -0.481 e. The molecule has 0 spiro atoms. The standard InChI is InChI=1S/C14H19NO4/c1-4-15-13(16)10(3)19-12-8-6-7-11(9-12)14(17)18-5-2/h6-10H,4-5H2,1-3H3,(H,15,16)/t10-/m0/s1. The number of rotatable bonds is 6. The third-order valence-electron chi connectivity index (χ3n) is 2.38. The Morgan fingerprint density at radius 3 is 2.68 bits per heavy atom. The summed E-state index contributed by atoms with van der Waals surface area (Å²) >= 11 is 0. The molecule has 0 saturated heterocycles. The van der Waals surface area contributed by atoms with Crippen LogP contribution in [0.4, 0.5) is 0 Å². The van der Waals surface area contributed by atoms with Gasteiger partial charge in [0.25, 0.3) is 5.91 Å². The Labute approximate surface area is 112 Å². The van der Waals surface area contributed by atoms with Crippen LogP contribution in [0.5, 0.6) is 5.75 Å². The van der Waals surface area contributed by atoms with E-state index >= 15 is 0 Å². The number of hydrogen-bond acceptors (Lipinski definition) is 4. The molecule has 0 bridgehead atoms. The molecule has 0 saturated carbocycles. The smallest absolute Gasteiger partial charge is 0.338 e. The maximum Gasteiger partial charge on any atom is 0.338 e. The zero-order valence-corrected chi connectivity index (χ0v) is 11.4. The molecule has 5 heteroatoms. The number of carbonyl (C=O) groups excluding carboxylic acids is 2. The van der Waals surface area contributed by atoms with E-state index in [-0.39, 0.29) is 5.91 Å². The van der Waals surface area contributed by atoms with Crippen LogP contribution in [0.1, 0.15) is 31.1 Å². The van der Waals surface area contributed by atoms with E-state index in [1.807, 2.05) is 6.92 Å². The van der Waals surface area contributed by atoms with Gasteiger partial charge in [0, 0.05) is 6.54 Å². The van der Waals surface area contributed by atoms with Crippen molar-refractivity contribution in [3.63, 3.8) is 0 Å². The fraction of sp³-hybridized carbons (Fsp3) is 0.429. The van der Waals surface area contributed by atoms with Crippen molar-refractivity contribution in [3.05, 3.63) is 29.8 Å². The number of ether oxygens (including phenoxy) is 2. The maximum absolute atomic E-state index is 11.6. The van der Waals surface area contributed by atoms with Crippen LogP contribution in [-0.2, 0) is 9.53 Å². The van der Waals surface area contributed by atoms with Crippen molar-refractivity contribution < 1.29 is 19.1 Å². The first-order valence-electron chi connectivity index (χ1n) is 6.30. The van der Waals surface area contributed by atoms with Crippen LogP contribution < -0.4 is 10.1 Å². The average molecular weight is 265 g/mol. The highest BCUT2D eigenvalue weighted by molar-refractivity contribution is 5.89. The summed E-state index contributed by atoms with van der Waals surface area (Å²) in [5.74, 6) is -0.132. The number of hydrogen-bond donors (Lipinski definition) is 1. The molecule has 0 heterocycles. The highest BCUT2D eigenvalue weighted by atomic mass is 16.5. The molecule has 104 valence electrons. The monoisotopic (exact) mass is 265 g/mol. The zero-order chi connectivity index (χ0) is 14.3. The zero-order valence-electron chi connectivity index (χ0n) is 11.4. The van der Waals surface area contributed by atoms with Gasteiger partial charge in [-0.25, -0.2) is 4.79 Å². The molecular weight excluding hydrogens is 246 g/mol. The van der Waals surface area contributed by atoms with E-state index in [4.69, 9.17) is 9.47 Å². The van der Waals surface area contributed by atoms with Crippen LogP contribution in [0.25, 0.3) is 0 Å². The molecule has 0 radical (unpaired) electrons. The molecule has 1 N–H and O–H groups in total. The van der Waals surface area contributed by atoms with E-state index in [0.717, 1.165) is 0 Å². The molecule has 1 aromatic carbocycles. The summed E-state index contributed by atoms with van der Waals surface area (Å²) in [6, 6.07) is 6.58. The van der Waals surface area contributed by atoms with E-state index in [1.54, 1.807) is 38.1 Å². The molecule has 5 nitrogen and oxygen atoms in total. The van der Waals surface area contributed by atoms with Crippen LogP contribution in [0, 0.1) is 0 Å². The van der Waals surface area contributed by atoms with Crippen molar-refractivity contribution in [1.82, 2.24) is 5.32 Å². The quantitative estimate of drug-likeness (QED) is 0.796. The van der Waals surface area contributed by atoms with E-state index in [9.17, 15) is 9.59 Å². The summed E-state index contributed by atoms with van der Waals surface area (Å²) in [7, 11) is 0. The van der Waals surface area contributed by atoms with Gasteiger partial charge >= 0.3 is 5.97 Å². The van der Waals surface area contributed by atoms with Crippen LogP contribution >= 0.6 is 0 Å². The summed E-state index contributed by atoms with van der Waals surface area (Å²) in [5, 5.41) is 2.67. The molecule has 1 amide bonds. The summed E-state index contributed by atoms with van der Waals surface area (Å²) < 4.78 is 10.4. The normalized spacial score (nSPS) is 11.5. The van der Waals surface area contributed by atoms with E-state index in [2.05, 4.69) is 5.32 Å². The number of amides is 1. The predicted molar refractivity (Wildman–Crippen MR) is 71.2 cm³/mol. The van der Waals surface area contributed by atoms with Crippen molar-refractivity contribution in [1.29, 1.82) is 0 Å². The minimum absolute atomic E-state index is 0.191. The summed E-state index contributed by atoms with van der Waals surface area (Å²) in [6.07, 6.45) is -0.614. The maximum atomic E-state index is 11.6. The first kappa shape index (κ1) is 15.0. The molecule has 19 heavy (non-hydrogen) atoms. The van der Waals surface area contributed by atoms with Crippen LogP contribution in [0.2, 0.25) is 0 Å². The Morgan fingerprint density at radius 2 is 2.05 bits per heavy atom. The van der Waals surface area contributed by atoms with Crippen LogP contribution in [0.3, 0.4) is 0 Å². The average Bonchev–Trinajstić information content (AvgIpc) is 2.39. The van der Waals surface area contributed by atoms with Crippen molar-refractivity contribution >= 4 is 11.9 Å². The second kappa shape index (κ2) is 7.41. The third-order valence-corrected chi connectivity index (χ3v) is 2.38. The minimum atomic E-state index is -0.614. The van der Waals surface area contributed by atoms with E-state index in [1.165, 1.54) is 0 Å². The number of esters is 1. The first-order chi connectivity index (χ1) is 9.08. The van der Waals surface area contributed by atoms with Gasteiger partial charge in [-0.3, -0.25) is 4.79 Å². The highest BCUT2D eigenvalue weighted by Crippen LogP contribution is 2.15. The fourth-order valence-corrected chi connectivity index (χ4v) is 1.49. The van der Waals surface area contributed by atoms with Crippen LogP contribution in [-0.4, -0.2) is 31.1 Å². The Bertz CT molecular complexity index is 445. The summed E-state index contributed by atoms with van der Waals surface area (Å²) in [4.78, 5) is 23.1. The van der Waals surface area contributed by atoms with Gasteiger partial charge in [0.15, 0.2) is 6.10 Å². The van der Waals surface area contributed by atoms with Gasteiger partial charge < -0.3 is 14.8 Å². The summed E-state index contributed by atoms with van der Waals surface area (Å²) in [6.45, 7) is 6.11. The molecule has 1 aromatic rings. The number of nitrogens with one attached hydrogen (secondary N) is 1. The molecular formula is C14H19NO4. The molecule has 1 rings (SSSR count). The first-order valence-corrected chi connectivity index (χ1v) is 6.30. The Morgan fingerprint density at radius 1 is 1.32 bits per heavy atom. The van der Waals surface area contributed by atoms with Crippen LogP contribution in [0.15, 0.2) is 24.3 Å². The molecule has 0 aromatic heterocycles. The topological polar surface area (TPSA) is 64.6 Å². The predicted octanol–water partition coefficient (Wildman–Crippen LogP) is 1.77. The van der Waals surface area contributed by atoms with Gasteiger partial charge in [0.05, 0.1) is 12.2 Å². The molecule has 0 unspecified atom stereocenters. The Kier molecular flexibility index (Phi) is 5.85. The molecule has 0 fully saturated rings. The Balaban J connectivity index is 2.71. The third kappa shape index (κ3) is 4.62. The number of benzene rings is 1. The number of likely N-dealkylation sites (N-methyl/N-ethyl adjacent to an activating group) is 1. The molecule has 0 aliphatic carbocycles. The molecule has 0 aliphatic heterocycles. The molecule has 0 aliphatic rings. The van der Waals surface area contributed by atoms with Gasteiger partial charge in [-0.15, -0.1) is 0 Å². The van der Waals surface area contributed by atoms with Crippen molar-refractivity contribution in [2.75, 3.05) is 13.2 Å². The van der Waals surface area contributed by atoms with Crippen molar-refractivity contribution in [3.8, 4) is 5.75 Å². The van der Waals surface area contributed by atoms with Gasteiger partial charge in [0.2, 0.25) is 0 Å². The second-order valence-corrected chi connectivity index (χ2v) is 3.90. The lowest BCUT2D eigenvalue weighted by Gasteiger charge is -2.14. The van der Waals surface area contributed by atoms with Gasteiger partial charge in [-0.05, 0) is 39.0 Å². The fourth-order valence-electron chi connectivity index (χ4n) is 1.49. The van der Waals surface area contributed by atoms with Crippen molar-refractivity contribution in [2.24, 2.45) is 0 Å². The molecule has 1 atom stereocenters. The lowest BCUT2D eigenvalue weighted by atomic mass is 10.2. The number of carbonyl (C=O) groups is 2. The van der Waals surface area contributed by atoms with Gasteiger partial charge in [0.1, 0.15) is 5.75 Å². The summed E-state index contributed by atoms with van der Waals surface area (Å²) in [5.41, 5.74) is 0.405. The second-order valence-electron chi connectivity index (χ2n) is 3.90.